The van der Waals surface area contributed by atoms with Crippen LogP contribution in [0.1, 0.15) is 11.6 Å². The van der Waals surface area contributed by atoms with Gasteiger partial charge in [0.15, 0.2) is 0 Å². The van der Waals surface area contributed by atoms with Gasteiger partial charge >= 0.3 is 6.36 Å². The van der Waals surface area contributed by atoms with E-state index in [0.29, 0.717) is 31.1 Å². The van der Waals surface area contributed by atoms with Gasteiger partial charge in [-0.15, -0.1) is 13.2 Å². The normalized spacial score (nSPS) is 20.1. The topological polar surface area (TPSA) is 39.7 Å². The van der Waals surface area contributed by atoms with E-state index < -0.39 is 6.36 Å². The predicted molar refractivity (Wildman–Crippen MR) is 61.2 cm³/mol. The lowest BCUT2D eigenvalue weighted by Gasteiger charge is -2.26. The molecule has 0 spiro atoms. The van der Waals surface area contributed by atoms with E-state index in [2.05, 4.69) is 10.1 Å². The van der Waals surface area contributed by atoms with Gasteiger partial charge in [-0.3, -0.25) is 0 Å². The molecule has 1 aliphatic heterocycles. The van der Waals surface area contributed by atoms with Gasteiger partial charge in [-0.2, -0.15) is 0 Å². The lowest BCUT2D eigenvalue weighted by molar-refractivity contribution is -0.274. The number of morpholine rings is 1. The molecule has 1 fully saturated rings. The van der Waals surface area contributed by atoms with E-state index in [0.717, 1.165) is 0 Å². The van der Waals surface area contributed by atoms with Gasteiger partial charge in [0.1, 0.15) is 11.5 Å². The molecule has 1 aromatic rings. The molecule has 4 nitrogen and oxygen atoms in total. The minimum absolute atomic E-state index is 0.208. The molecule has 0 radical (unpaired) electrons. The fourth-order valence-electron chi connectivity index (χ4n) is 1.95. The van der Waals surface area contributed by atoms with Gasteiger partial charge in [0, 0.05) is 12.1 Å². The minimum atomic E-state index is -4.71. The van der Waals surface area contributed by atoms with E-state index in [-0.39, 0.29) is 11.8 Å². The molecule has 1 atom stereocenters. The number of nitrogens with one attached hydrogen (secondary N) is 1. The van der Waals surface area contributed by atoms with Crippen molar-refractivity contribution in [3.05, 3.63) is 23.8 Å². The molecule has 0 saturated carbocycles. The Hall–Kier alpha value is -1.47. The lowest BCUT2D eigenvalue weighted by atomic mass is 10.1. The Morgan fingerprint density at radius 3 is 2.74 bits per heavy atom. The number of benzene rings is 1. The monoisotopic (exact) mass is 277 g/mol. The fourth-order valence-corrected chi connectivity index (χ4v) is 1.95. The lowest BCUT2D eigenvalue weighted by Crippen LogP contribution is -2.34. The van der Waals surface area contributed by atoms with Crippen LogP contribution < -0.4 is 14.8 Å². The van der Waals surface area contributed by atoms with E-state index in [9.17, 15) is 13.2 Å². The van der Waals surface area contributed by atoms with Crippen LogP contribution in [0.4, 0.5) is 13.2 Å². The van der Waals surface area contributed by atoms with Crippen LogP contribution in [-0.2, 0) is 4.74 Å². The van der Waals surface area contributed by atoms with Crippen molar-refractivity contribution in [2.24, 2.45) is 0 Å². The molecule has 19 heavy (non-hydrogen) atoms. The third-order valence-electron chi connectivity index (χ3n) is 2.73. The maximum absolute atomic E-state index is 12.2. The van der Waals surface area contributed by atoms with Crippen molar-refractivity contribution in [3.63, 3.8) is 0 Å². The Balaban J connectivity index is 2.25. The van der Waals surface area contributed by atoms with Crippen LogP contribution in [-0.4, -0.2) is 33.2 Å². The van der Waals surface area contributed by atoms with Crippen molar-refractivity contribution in [1.29, 1.82) is 0 Å². The second kappa shape index (κ2) is 5.66. The Labute approximate surface area is 108 Å². The molecule has 1 N–H and O–H groups in total. The van der Waals surface area contributed by atoms with Crippen molar-refractivity contribution < 1.29 is 27.4 Å². The number of hydrogen-bond acceptors (Lipinski definition) is 4. The molecule has 106 valence electrons. The number of hydrogen-bond donors (Lipinski definition) is 1. The van der Waals surface area contributed by atoms with Crippen LogP contribution in [0.15, 0.2) is 18.2 Å². The van der Waals surface area contributed by atoms with E-state index in [4.69, 9.17) is 9.47 Å². The van der Waals surface area contributed by atoms with Crippen molar-refractivity contribution in [3.8, 4) is 11.5 Å². The summed E-state index contributed by atoms with van der Waals surface area (Å²) < 4.78 is 51.0. The highest BCUT2D eigenvalue weighted by atomic mass is 19.4. The molecule has 0 bridgehead atoms. The van der Waals surface area contributed by atoms with Crippen molar-refractivity contribution >= 4 is 0 Å². The summed E-state index contributed by atoms with van der Waals surface area (Å²) >= 11 is 0. The Bertz CT molecular complexity index is 431. The maximum atomic E-state index is 12.2. The highest BCUT2D eigenvalue weighted by Crippen LogP contribution is 2.32. The second-order valence-corrected chi connectivity index (χ2v) is 4.03. The molecule has 1 heterocycles. The van der Waals surface area contributed by atoms with Gasteiger partial charge in [0.25, 0.3) is 0 Å². The number of alkyl halides is 3. The smallest absolute Gasteiger partial charge is 0.496 e. The predicted octanol–water partition coefficient (Wildman–Crippen LogP) is 2.25. The first-order valence-electron chi connectivity index (χ1n) is 5.74. The van der Waals surface area contributed by atoms with Crippen LogP contribution in [0.3, 0.4) is 0 Å². The van der Waals surface area contributed by atoms with Gasteiger partial charge in [0.2, 0.25) is 0 Å². The van der Waals surface area contributed by atoms with Crippen LogP contribution in [0.5, 0.6) is 11.5 Å². The Kier molecular flexibility index (Phi) is 4.16. The molecule has 1 aromatic carbocycles. The van der Waals surface area contributed by atoms with Crippen molar-refractivity contribution in [2.75, 3.05) is 26.9 Å². The Morgan fingerprint density at radius 1 is 1.37 bits per heavy atom. The van der Waals surface area contributed by atoms with E-state index >= 15 is 0 Å². The standard InChI is InChI=1S/C12H14F3NO3/c1-17-11-3-2-8(19-12(13,14)15)6-9(11)10-7-18-5-4-16-10/h2-3,6,10,16H,4-5,7H2,1H3/t10-/m1/s1. The summed E-state index contributed by atoms with van der Waals surface area (Å²) in [5, 5.41) is 3.16. The summed E-state index contributed by atoms with van der Waals surface area (Å²) in [5.41, 5.74) is 0.587. The molecule has 1 aliphatic rings. The van der Waals surface area contributed by atoms with Crippen LogP contribution in [0.25, 0.3) is 0 Å². The molecule has 1 saturated heterocycles. The quantitative estimate of drug-likeness (QED) is 0.920. The number of ether oxygens (including phenoxy) is 3. The third-order valence-corrected chi connectivity index (χ3v) is 2.73. The highest BCUT2D eigenvalue weighted by molar-refractivity contribution is 5.42. The number of rotatable bonds is 3. The molecule has 0 amide bonds. The molecule has 0 unspecified atom stereocenters. The molecular weight excluding hydrogens is 263 g/mol. The van der Waals surface area contributed by atoms with E-state index in [1.165, 1.54) is 25.3 Å². The van der Waals surface area contributed by atoms with Gasteiger partial charge in [-0.25, -0.2) is 0 Å². The average Bonchev–Trinajstić information content (AvgIpc) is 2.38. The van der Waals surface area contributed by atoms with Gasteiger partial charge in [-0.05, 0) is 18.2 Å². The van der Waals surface area contributed by atoms with Crippen LogP contribution in [0, 0.1) is 0 Å². The summed E-state index contributed by atoms with van der Waals surface area (Å²) in [6, 6.07) is 3.78. The molecular formula is C12H14F3NO3. The molecule has 7 heteroatoms. The van der Waals surface area contributed by atoms with Crippen molar-refractivity contribution in [2.45, 2.75) is 12.4 Å². The highest BCUT2D eigenvalue weighted by Gasteiger charge is 2.31. The SMILES string of the molecule is COc1ccc(OC(F)(F)F)cc1[C@H]1COCCN1. The zero-order chi connectivity index (χ0) is 13.9. The van der Waals surface area contributed by atoms with Crippen LogP contribution >= 0.6 is 0 Å². The van der Waals surface area contributed by atoms with Gasteiger partial charge in [0.05, 0.1) is 26.4 Å². The van der Waals surface area contributed by atoms with E-state index in [1.807, 2.05) is 0 Å². The first-order chi connectivity index (χ1) is 8.99. The summed E-state index contributed by atoms with van der Waals surface area (Å²) in [6.07, 6.45) is -4.71. The molecule has 2 rings (SSSR count). The van der Waals surface area contributed by atoms with Gasteiger partial charge in [-0.1, -0.05) is 0 Å². The van der Waals surface area contributed by atoms with Crippen molar-refractivity contribution in [1.82, 2.24) is 5.32 Å². The van der Waals surface area contributed by atoms with Gasteiger partial charge < -0.3 is 19.5 Å². The summed E-state index contributed by atoms with van der Waals surface area (Å²) in [4.78, 5) is 0. The number of methoxy groups -OCH3 is 1. The minimum Gasteiger partial charge on any atom is -0.496 e. The first kappa shape index (κ1) is 14.0. The largest absolute Gasteiger partial charge is 0.573 e. The zero-order valence-corrected chi connectivity index (χ0v) is 10.3. The average molecular weight is 277 g/mol. The summed E-state index contributed by atoms with van der Waals surface area (Å²) in [5.74, 6) is 0.230. The molecule has 0 aromatic heterocycles. The van der Waals surface area contributed by atoms with Crippen LogP contribution in [0.2, 0.25) is 0 Å². The summed E-state index contributed by atoms with van der Waals surface area (Å²) in [6.45, 7) is 1.60. The fraction of sp³-hybridized carbons (Fsp3) is 0.500. The van der Waals surface area contributed by atoms with E-state index in [1.54, 1.807) is 0 Å². The zero-order valence-electron chi connectivity index (χ0n) is 10.3. The third kappa shape index (κ3) is 3.74. The maximum Gasteiger partial charge on any atom is 0.573 e. The second-order valence-electron chi connectivity index (χ2n) is 4.03. The first-order valence-corrected chi connectivity index (χ1v) is 5.74. The molecule has 0 aliphatic carbocycles. The number of halogens is 3. The summed E-state index contributed by atoms with van der Waals surface area (Å²) in [7, 11) is 1.47. The Morgan fingerprint density at radius 2 is 2.16 bits per heavy atom.